The standard InChI is InChI=1S/C21H20ClFN4OS/c22-16-3-1-15(2-4-16)19-14-29-21(24-19)25-20(28)13-26-9-11-27(12-10-26)18-7-5-17(23)6-8-18/h1-8,14H,9-13H2,(H,24,25,28). The Morgan fingerprint density at radius 3 is 2.45 bits per heavy atom. The number of nitrogens with zero attached hydrogens (tertiary/aromatic N) is 3. The van der Waals surface area contributed by atoms with Crippen LogP contribution in [0.25, 0.3) is 11.3 Å². The highest BCUT2D eigenvalue weighted by Gasteiger charge is 2.20. The lowest BCUT2D eigenvalue weighted by Gasteiger charge is -2.35. The topological polar surface area (TPSA) is 48.5 Å². The molecule has 150 valence electrons. The number of hydrogen-bond donors (Lipinski definition) is 1. The van der Waals surface area contributed by atoms with Gasteiger partial charge < -0.3 is 10.2 Å². The summed E-state index contributed by atoms with van der Waals surface area (Å²) in [5, 5.41) is 6.07. The Balaban J connectivity index is 1.27. The molecule has 8 heteroatoms. The maximum Gasteiger partial charge on any atom is 0.240 e. The minimum Gasteiger partial charge on any atom is -0.369 e. The highest BCUT2D eigenvalue weighted by Crippen LogP contribution is 2.26. The van der Waals surface area contributed by atoms with Crippen molar-refractivity contribution in [2.45, 2.75) is 0 Å². The number of anilines is 2. The van der Waals surface area contributed by atoms with Crippen LogP contribution < -0.4 is 10.2 Å². The first-order valence-electron chi connectivity index (χ1n) is 9.31. The van der Waals surface area contributed by atoms with E-state index in [0.717, 1.165) is 43.1 Å². The van der Waals surface area contributed by atoms with E-state index >= 15 is 0 Å². The first kappa shape index (κ1) is 19.8. The fraction of sp³-hybridized carbons (Fsp3) is 0.238. The molecule has 1 aliphatic rings. The van der Waals surface area contributed by atoms with Gasteiger partial charge in [-0.3, -0.25) is 9.69 Å². The van der Waals surface area contributed by atoms with E-state index in [1.807, 2.05) is 29.6 Å². The maximum absolute atomic E-state index is 13.1. The van der Waals surface area contributed by atoms with Crippen LogP contribution in [0.2, 0.25) is 5.02 Å². The van der Waals surface area contributed by atoms with Crippen LogP contribution in [-0.2, 0) is 4.79 Å². The number of carbonyl (C=O) groups is 1. The largest absolute Gasteiger partial charge is 0.369 e. The number of aromatic nitrogens is 1. The molecule has 0 spiro atoms. The smallest absolute Gasteiger partial charge is 0.240 e. The van der Waals surface area contributed by atoms with E-state index in [4.69, 9.17) is 11.6 Å². The highest BCUT2D eigenvalue weighted by molar-refractivity contribution is 7.14. The molecule has 0 atom stereocenters. The van der Waals surface area contributed by atoms with Crippen molar-refractivity contribution >= 4 is 39.7 Å². The highest BCUT2D eigenvalue weighted by atomic mass is 35.5. The Bertz CT molecular complexity index is 969. The van der Waals surface area contributed by atoms with E-state index in [1.165, 1.54) is 23.5 Å². The first-order chi connectivity index (χ1) is 14.1. The monoisotopic (exact) mass is 430 g/mol. The fourth-order valence-electron chi connectivity index (χ4n) is 3.26. The first-order valence-corrected chi connectivity index (χ1v) is 10.6. The molecule has 0 aliphatic carbocycles. The molecule has 4 rings (SSSR count). The molecule has 0 radical (unpaired) electrons. The summed E-state index contributed by atoms with van der Waals surface area (Å²) in [6.07, 6.45) is 0. The van der Waals surface area contributed by atoms with Gasteiger partial charge in [-0.2, -0.15) is 0 Å². The second-order valence-corrected chi connectivity index (χ2v) is 8.13. The fourth-order valence-corrected chi connectivity index (χ4v) is 4.12. The molecule has 0 bridgehead atoms. The van der Waals surface area contributed by atoms with E-state index < -0.39 is 0 Å². The predicted molar refractivity (Wildman–Crippen MR) is 116 cm³/mol. The lowest BCUT2D eigenvalue weighted by Crippen LogP contribution is -2.48. The molecule has 2 aromatic carbocycles. The Morgan fingerprint density at radius 2 is 1.76 bits per heavy atom. The van der Waals surface area contributed by atoms with Crippen LogP contribution in [0, 0.1) is 5.82 Å². The molecule has 3 aromatic rings. The Labute approximate surface area is 177 Å². The minimum atomic E-state index is -0.231. The molecular formula is C21H20ClFN4OS. The minimum absolute atomic E-state index is 0.0720. The van der Waals surface area contributed by atoms with Crippen molar-refractivity contribution in [3.05, 3.63) is 64.8 Å². The van der Waals surface area contributed by atoms with E-state index in [9.17, 15) is 9.18 Å². The summed E-state index contributed by atoms with van der Waals surface area (Å²) in [7, 11) is 0. The zero-order chi connectivity index (χ0) is 20.2. The van der Waals surface area contributed by atoms with Gasteiger partial charge in [-0.05, 0) is 36.4 Å². The number of carbonyl (C=O) groups excluding carboxylic acids is 1. The van der Waals surface area contributed by atoms with Gasteiger partial charge >= 0.3 is 0 Å². The summed E-state index contributed by atoms with van der Waals surface area (Å²) >= 11 is 7.32. The molecule has 2 heterocycles. The van der Waals surface area contributed by atoms with Crippen molar-refractivity contribution in [2.24, 2.45) is 0 Å². The summed E-state index contributed by atoms with van der Waals surface area (Å²) in [5.41, 5.74) is 2.78. The molecule has 1 saturated heterocycles. The van der Waals surface area contributed by atoms with Gasteiger partial charge in [0.25, 0.3) is 0 Å². The molecule has 0 unspecified atom stereocenters. The van der Waals surface area contributed by atoms with Crippen molar-refractivity contribution in [1.82, 2.24) is 9.88 Å². The molecule has 1 N–H and O–H groups in total. The van der Waals surface area contributed by atoms with Crippen LogP contribution in [0.1, 0.15) is 0 Å². The normalized spacial score (nSPS) is 14.8. The summed E-state index contributed by atoms with van der Waals surface area (Å²) in [5.74, 6) is -0.303. The number of halogens is 2. The van der Waals surface area contributed by atoms with Crippen LogP contribution in [0.5, 0.6) is 0 Å². The predicted octanol–water partition coefficient (Wildman–Crippen LogP) is 4.36. The van der Waals surface area contributed by atoms with Crippen LogP contribution in [0.15, 0.2) is 53.9 Å². The second kappa shape index (κ2) is 8.90. The molecular weight excluding hydrogens is 411 g/mol. The van der Waals surface area contributed by atoms with Crippen LogP contribution in [0.4, 0.5) is 15.2 Å². The lowest BCUT2D eigenvalue weighted by molar-refractivity contribution is -0.117. The summed E-state index contributed by atoms with van der Waals surface area (Å²) in [6.45, 7) is 3.48. The van der Waals surface area contributed by atoms with Crippen molar-refractivity contribution in [1.29, 1.82) is 0 Å². The third kappa shape index (κ3) is 5.12. The lowest BCUT2D eigenvalue weighted by atomic mass is 10.2. The number of hydrogen-bond acceptors (Lipinski definition) is 5. The van der Waals surface area contributed by atoms with Gasteiger partial charge in [0.05, 0.1) is 12.2 Å². The third-order valence-corrected chi connectivity index (χ3v) is 5.83. The van der Waals surface area contributed by atoms with Crippen LogP contribution in [-0.4, -0.2) is 48.5 Å². The Hall–Kier alpha value is -2.48. The Kier molecular flexibility index (Phi) is 6.08. The van der Waals surface area contributed by atoms with Crippen molar-refractivity contribution in [2.75, 3.05) is 42.9 Å². The van der Waals surface area contributed by atoms with E-state index in [0.29, 0.717) is 16.7 Å². The van der Waals surface area contributed by atoms with E-state index in [-0.39, 0.29) is 11.7 Å². The van der Waals surface area contributed by atoms with Gasteiger partial charge in [0.2, 0.25) is 5.91 Å². The van der Waals surface area contributed by atoms with Crippen molar-refractivity contribution in [3.8, 4) is 11.3 Å². The average molecular weight is 431 g/mol. The van der Waals surface area contributed by atoms with Crippen LogP contribution >= 0.6 is 22.9 Å². The van der Waals surface area contributed by atoms with Crippen molar-refractivity contribution in [3.63, 3.8) is 0 Å². The molecule has 1 amide bonds. The van der Waals surface area contributed by atoms with Gasteiger partial charge in [-0.25, -0.2) is 9.37 Å². The van der Waals surface area contributed by atoms with Crippen molar-refractivity contribution < 1.29 is 9.18 Å². The van der Waals surface area contributed by atoms with Gasteiger partial charge in [-0.1, -0.05) is 23.7 Å². The summed E-state index contributed by atoms with van der Waals surface area (Å²) in [6, 6.07) is 14.0. The van der Waals surface area contributed by atoms with Gasteiger partial charge in [0.1, 0.15) is 5.82 Å². The number of rotatable bonds is 5. The van der Waals surface area contributed by atoms with Gasteiger partial charge in [0, 0.05) is 47.8 Å². The number of piperazine rings is 1. The number of thiazole rings is 1. The zero-order valence-electron chi connectivity index (χ0n) is 15.6. The molecule has 1 aromatic heterocycles. The second-order valence-electron chi connectivity index (χ2n) is 6.83. The van der Waals surface area contributed by atoms with E-state index in [2.05, 4.69) is 20.1 Å². The molecule has 5 nitrogen and oxygen atoms in total. The number of amides is 1. The van der Waals surface area contributed by atoms with Gasteiger partial charge in [0.15, 0.2) is 5.13 Å². The third-order valence-electron chi connectivity index (χ3n) is 4.82. The summed E-state index contributed by atoms with van der Waals surface area (Å²) in [4.78, 5) is 21.2. The van der Waals surface area contributed by atoms with E-state index in [1.54, 1.807) is 12.1 Å². The zero-order valence-corrected chi connectivity index (χ0v) is 17.2. The summed E-state index contributed by atoms with van der Waals surface area (Å²) < 4.78 is 13.1. The number of benzene rings is 2. The average Bonchev–Trinajstić information content (AvgIpc) is 3.18. The quantitative estimate of drug-likeness (QED) is 0.653. The molecule has 0 saturated carbocycles. The molecule has 1 fully saturated rings. The molecule has 29 heavy (non-hydrogen) atoms. The van der Waals surface area contributed by atoms with Crippen LogP contribution in [0.3, 0.4) is 0 Å². The van der Waals surface area contributed by atoms with Gasteiger partial charge in [-0.15, -0.1) is 11.3 Å². The maximum atomic E-state index is 13.1. The SMILES string of the molecule is O=C(CN1CCN(c2ccc(F)cc2)CC1)Nc1nc(-c2ccc(Cl)cc2)cs1. The Morgan fingerprint density at radius 1 is 1.07 bits per heavy atom. The molecule has 1 aliphatic heterocycles. The number of nitrogens with one attached hydrogen (secondary N) is 1.